The molecule has 28 heavy (non-hydrogen) atoms. The second-order valence-electron chi connectivity index (χ2n) is 5.79. The van der Waals surface area contributed by atoms with Gasteiger partial charge < -0.3 is 20.1 Å². The highest BCUT2D eigenvalue weighted by Crippen LogP contribution is 2.29. The lowest BCUT2D eigenvalue weighted by molar-refractivity contribution is 0.102. The Morgan fingerprint density at radius 3 is 2.61 bits per heavy atom. The number of methoxy groups -OCH3 is 1. The van der Waals surface area contributed by atoms with Crippen molar-refractivity contribution in [3.63, 3.8) is 0 Å². The molecule has 7 heteroatoms. The van der Waals surface area contributed by atoms with E-state index < -0.39 is 0 Å². The second-order valence-corrected chi connectivity index (χ2v) is 6.22. The van der Waals surface area contributed by atoms with E-state index in [-0.39, 0.29) is 5.91 Å². The smallest absolute Gasteiger partial charge is 0.257 e. The first-order valence-electron chi connectivity index (χ1n) is 8.70. The van der Waals surface area contributed by atoms with Crippen molar-refractivity contribution >= 4 is 34.7 Å². The van der Waals surface area contributed by atoms with Gasteiger partial charge in [-0.05, 0) is 49.4 Å². The normalized spacial score (nSPS) is 10.2. The zero-order valence-electron chi connectivity index (χ0n) is 15.5. The molecule has 144 valence electrons. The summed E-state index contributed by atoms with van der Waals surface area (Å²) in [6.07, 6.45) is 1.50. The number of anilines is 3. The Morgan fingerprint density at radius 1 is 1.07 bits per heavy atom. The maximum atomic E-state index is 12.5. The molecule has 3 aromatic rings. The number of carbonyl (C=O) groups is 1. The van der Waals surface area contributed by atoms with Crippen molar-refractivity contribution in [3.8, 4) is 11.5 Å². The van der Waals surface area contributed by atoms with E-state index in [1.807, 2.05) is 31.2 Å². The number of carbonyl (C=O) groups excluding carboxylic acids is 1. The van der Waals surface area contributed by atoms with Crippen molar-refractivity contribution in [2.45, 2.75) is 6.92 Å². The summed E-state index contributed by atoms with van der Waals surface area (Å²) >= 11 is 6.00. The van der Waals surface area contributed by atoms with Crippen molar-refractivity contribution in [2.75, 3.05) is 24.4 Å². The summed E-state index contributed by atoms with van der Waals surface area (Å²) < 4.78 is 10.8. The number of nitrogens with zero attached hydrogens (tertiary/aromatic N) is 1. The van der Waals surface area contributed by atoms with Crippen LogP contribution in [-0.4, -0.2) is 24.6 Å². The van der Waals surface area contributed by atoms with Crippen LogP contribution in [0.15, 0.2) is 60.8 Å². The van der Waals surface area contributed by atoms with E-state index in [0.717, 1.165) is 11.4 Å². The van der Waals surface area contributed by atoms with Gasteiger partial charge in [-0.15, -0.1) is 0 Å². The molecule has 2 N–H and O–H groups in total. The van der Waals surface area contributed by atoms with Gasteiger partial charge in [0.15, 0.2) is 0 Å². The molecular weight excluding hydrogens is 378 g/mol. The summed E-state index contributed by atoms with van der Waals surface area (Å²) in [7, 11) is 1.53. The number of pyridine rings is 1. The molecule has 0 saturated carbocycles. The molecule has 0 aliphatic heterocycles. The molecule has 0 radical (unpaired) electrons. The fraction of sp³-hybridized carbons (Fsp3) is 0.143. The second kappa shape index (κ2) is 9.10. The van der Waals surface area contributed by atoms with Gasteiger partial charge in [-0.3, -0.25) is 4.79 Å². The van der Waals surface area contributed by atoms with E-state index >= 15 is 0 Å². The van der Waals surface area contributed by atoms with Gasteiger partial charge in [0.05, 0.1) is 30.7 Å². The molecule has 0 fully saturated rings. The van der Waals surface area contributed by atoms with Crippen LogP contribution in [0.4, 0.5) is 17.2 Å². The van der Waals surface area contributed by atoms with Crippen molar-refractivity contribution < 1.29 is 14.3 Å². The fourth-order valence-corrected chi connectivity index (χ4v) is 2.74. The minimum atomic E-state index is -0.311. The molecule has 2 aromatic carbocycles. The Hall–Kier alpha value is -3.25. The SMILES string of the molecule is CCOc1ccccc1Nc1ccc(C(=O)Nc2cc(Cl)ccc2OC)cn1. The van der Waals surface area contributed by atoms with Gasteiger partial charge in [0.1, 0.15) is 17.3 Å². The van der Waals surface area contributed by atoms with Crippen LogP contribution in [0, 0.1) is 0 Å². The lowest BCUT2D eigenvalue weighted by atomic mass is 10.2. The maximum absolute atomic E-state index is 12.5. The first-order valence-corrected chi connectivity index (χ1v) is 9.08. The highest BCUT2D eigenvalue weighted by Gasteiger charge is 2.11. The average Bonchev–Trinajstić information content (AvgIpc) is 2.70. The molecule has 1 aromatic heterocycles. The third-order valence-electron chi connectivity index (χ3n) is 3.89. The molecule has 0 unspecified atom stereocenters. The molecule has 1 amide bonds. The number of para-hydroxylation sites is 2. The van der Waals surface area contributed by atoms with Crippen LogP contribution in [0.25, 0.3) is 0 Å². The van der Waals surface area contributed by atoms with E-state index in [1.165, 1.54) is 13.3 Å². The highest BCUT2D eigenvalue weighted by atomic mass is 35.5. The molecular formula is C21H20ClN3O3. The highest BCUT2D eigenvalue weighted by molar-refractivity contribution is 6.31. The summed E-state index contributed by atoms with van der Waals surface area (Å²) in [5.74, 6) is 1.55. The molecule has 0 atom stereocenters. The Morgan fingerprint density at radius 2 is 1.89 bits per heavy atom. The zero-order valence-corrected chi connectivity index (χ0v) is 16.3. The standard InChI is InChI=1S/C21H20ClN3O3/c1-3-28-19-7-5-4-6-16(19)24-20-11-8-14(13-23-20)21(26)25-17-12-15(22)9-10-18(17)27-2/h4-13H,3H2,1-2H3,(H,23,24)(H,25,26). The zero-order chi connectivity index (χ0) is 19.9. The number of nitrogens with one attached hydrogen (secondary N) is 2. The molecule has 6 nitrogen and oxygen atoms in total. The van der Waals surface area contributed by atoms with Crippen LogP contribution in [0.5, 0.6) is 11.5 Å². The van der Waals surface area contributed by atoms with Crippen molar-refractivity contribution in [2.24, 2.45) is 0 Å². The van der Waals surface area contributed by atoms with Crippen molar-refractivity contribution in [1.82, 2.24) is 4.98 Å². The third-order valence-corrected chi connectivity index (χ3v) is 4.12. The lowest BCUT2D eigenvalue weighted by Gasteiger charge is -2.12. The van der Waals surface area contributed by atoms with E-state index in [4.69, 9.17) is 21.1 Å². The van der Waals surface area contributed by atoms with Crippen LogP contribution in [0.3, 0.4) is 0 Å². The number of benzene rings is 2. The molecule has 0 aliphatic carbocycles. The predicted molar refractivity (Wildman–Crippen MR) is 111 cm³/mol. The molecule has 0 spiro atoms. The van der Waals surface area contributed by atoms with Gasteiger partial charge in [0.2, 0.25) is 0 Å². The summed E-state index contributed by atoms with van der Waals surface area (Å²) in [5, 5.41) is 6.48. The quantitative estimate of drug-likeness (QED) is 0.577. The number of amides is 1. The minimum Gasteiger partial charge on any atom is -0.495 e. The van der Waals surface area contributed by atoms with Gasteiger partial charge in [-0.2, -0.15) is 0 Å². The molecule has 0 aliphatic rings. The Kier molecular flexibility index (Phi) is 6.34. The number of rotatable bonds is 7. The van der Waals surface area contributed by atoms with Crippen LogP contribution < -0.4 is 20.1 Å². The number of hydrogen-bond donors (Lipinski definition) is 2. The first kappa shape index (κ1) is 19.5. The molecule has 1 heterocycles. The van der Waals surface area contributed by atoms with Crippen LogP contribution in [-0.2, 0) is 0 Å². The van der Waals surface area contributed by atoms with E-state index in [0.29, 0.717) is 34.4 Å². The van der Waals surface area contributed by atoms with E-state index in [9.17, 15) is 4.79 Å². The summed E-state index contributed by atoms with van der Waals surface area (Å²) in [4.78, 5) is 16.8. The summed E-state index contributed by atoms with van der Waals surface area (Å²) in [6.45, 7) is 2.50. The number of halogens is 1. The fourth-order valence-electron chi connectivity index (χ4n) is 2.56. The first-order chi connectivity index (χ1) is 13.6. The summed E-state index contributed by atoms with van der Waals surface area (Å²) in [5.41, 5.74) is 1.70. The average molecular weight is 398 g/mol. The monoisotopic (exact) mass is 397 g/mol. The molecule has 0 bridgehead atoms. The Balaban J connectivity index is 1.72. The van der Waals surface area contributed by atoms with Crippen LogP contribution in [0.2, 0.25) is 5.02 Å². The lowest BCUT2D eigenvalue weighted by Crippen LogP contribution is -2.13. The van der Waals surface area contributed by atoms with Crippen LogP contribution >= 0.6 is 11.6 Å². The summed E-state index contributed by atoms with van der Waals surface area (Å²) in [6, 6.07) is 16.0. The Bertz CT molecular complexity index is 961. The van der Waals surface area contributed by atoms with Crippen molar-refractivity contribution in [3.05, 3.63) is 71.4 Å². The van der Waals surface area contributed by atoms with E-state index in [2.05, 4.69) is 15.6 Å². The number of ether oxygens (including phenoxy) is 2. The minimum absolute atomic E-state index is 0.311. The predicted octanol–water partition coefficient (Wildman–Crippen LogP) is 5.14. The van der Waals surface area contributed by atoms with Gasteiger partial charge >= 0.3 is 0 Å². The molecule has 0 saturated heterocycles. The van der Waals surface area contributed by atoms with Gasteiger partial charge in [-0.1, -0.05) is 23.7 Å². The number of hydrogen-bond acceptors (Lipinski definition) is 5. The van der Waals surface area contributed by atoms with Crippen LogP contribution in [0.1, 0.15) is 17.3 Å². The topological polar surface area (TPSA) is 72.5 Å². The largest absolute Gasteiger partial charge is 0.495 e. The van der Waals surface area contributed by atoms with E-state index in [1.54, 1.807) is 30.3 Å². The molecule has 3 rings (SSSR count). The van der Waals surface area contributed by atoms with Crippen molar-refractivity contribution in [1.29, 1.82) is 0 Å². The van der Waals surface area contributed by atoms with Gasteiger partial charge in [-0.25, -0.2) is 4.98 Å². The van der Waals surface area contributed by atoms with Gasteiger partial charge in [0.25, 0.3) is 5.91 Å². The third kappa shape index (κ3) is 4.72. The number of aromatic nitrogens is 1. The maximum Gasteiger partial charge on any atom is 0.257 e. The Labute approximate surface area is 168 Å². The van der Waals surface area contributed by atoms with Gasteiger partial charge in [0, 0.05) is 11.2 Å².